The Morgan fingerprint density at radius 1 is 1.31 bits per heavy atom. The van der Waals surface area contributed by atoms with Crippen LogP contribution in [-0.4, -0.2) is 42.6 Å². The van der Waals surface area contributed by atoms with Crippen LogP contribution in [-0.2, 0) is 4.79 Å². The number of halogens is 2. The van der Waals surface area contributed by atoms with E-state index in [9.17, 15) is 4.79 Å². The molecular weight excluding hydrogens is 249 g/mol. The minimum Gasteiger partial charge on any atom is -0.342 e. The van der Waals surface area contributed by atoms with Crippen LogP contribution >= 0.6 is 24.8 Å². The highest BCUT2D eigenvalue weighted by atomic mass is 35.5. The second-order valence-corrected chi connectivity index (χ2v) is 4.21. The third-order valence-corrected chi connectivity index (χ3v) is 3.38. The van der Waals surface area contributed by atoms with Crippen molar-refractivity contribution in [2.45, 2.75) is 31.7 Å². The molecule has 0 unspecified atom stereocenters. The number of nitrogens with zero attached hydrogens (tertiary/aromatic N) is 1. The molecule has 1 spiro atoms. The van der Waals surface area contributed by atoms with Gasteiger partial charge in [0.1, 0.15) is 5.54 Å². The van der Waals surface area contributed by atoms with E-state index in [1.54, 1.807) is 0 Å². The Hall–Kier alpha value is -0.0300. The fourth-order valence-electron chi connectivity index (χ4n) is 2.57. The number of rotatable bonds is 2. The van der Waals surface area contributed by atoms with Gasteiger partial charge < -0.3 is 10.6 Å². The third-order valence-electron chi connectivity index (χ3n) is 3.38. The molecule has 0 bridgehead atoms. The number of piperidine rings is 1. The van der Waals surface area contributed by atoms with E-state index >= 15 is 0 Å². The van der Waals surface area contributed by atoms with E-state index in [1.807, 2.05) is 0 Å². The van der Waals surface area contributed by atoms with Crippen molar-refractivity contribution in [3.05, 3.63) is 0 Å². The summed E-state index contributed by atoms with van der Waals surface area (Å²) < 4.78 is 0. The van der Waals surface area contributed by atoms with Crippen molar-refractivity contribution in [1.82, 2.24) is 15.5 Å². The number of hydrogen-bond donors (Lipinski definition) is 2. The normalized spacial score (nSPS) is 23.4. The first-order chi connectivity index (χ1) is 6.79. The summed E-state index contributed by atoms with van der Waals surface area (Å²) in [5.74, 6) is 0.243. The molecule has 2 aliphatic rings. The smallest absolute Gasteiger partial charge is 0.241 e. The molecular formula is C10H21Cl2N3O. The molecule has 2 rings (SSSR count). The highest BCUT2D eigenvalue weighted by Gasteiger charge is 2.48. The fourth-order valence-corrected chi connectivity index (χ4v) is 2.57. The van der Waals surface area contributed by atoms with Crippen LogP contribution in [0, 0.1) is 0 Å². The van der Waals surface area contributed by atoms with Gasteiger partial charge in [-0.25, -0.2) is 0 Å². The van der Waals surface area contributed by atoms with Crippen molar-refractivity contribution >= 4 is 30.7 Å². The SMILES string of the molecule is CCCN1CNC(=O)C12CCNCC2.Cl.Cl. The summed E-state index contributed by atoms with van der Waals surface area (Å²) in [4.78, 5) is 14.2. The summed E-state index contributed by atoms with van der Waals surface area (Å²) in [6.45, 7) is 5.87. The number of nitrogens with one attached hydrogen (secondary N) is 2. The summed E-state index contributed by atoms with van der Waals surface area (Å²) in [6.07, 6.45) is 3.03. The molecule has 2 fully saturated rings. The molecule has 0 aromatic rings. The van der Waals surface area contributed by atoms with E-state index in [0.29, 0.717) is 0 Å². The van der Waals surface area contributed by atoms with Gasteiger partial charge in [-0.15, -0.1) is 24.8 Å². The predicted octanol–water partition coefficient (Wildman–Crippen LogP) is 0.751. The maximum Gasteiger partial charge on any atom is 0.241 e. The summed E-state index contributed by atoms with van der Waals surface area (Å²) in [5.41, 5.74) is -0.179. The lowest BCUT2D eigenvalue weighted by Gasteiger charge is -2.38. The van der Waals surface area contributed by atoms with Gasteiger partial charge in [-0.05, 0) is 32.4 Å². The van der Waals surface area contributed by atoms with Gasteiger partial charge in [0, 0.05) is 6.54 Å². The zero-order chi connectivity index (χ0) is 10.0. The standard InChI is InChI=1S/C10H19N3O.2ClH/c1-2-7-13-8-12-9(14)10(13)3-5-11-6-4-10;;/h11H,2-8H2,1H3,(H,12,14);2*1H. The van der Waals surface area contributed by atoms with Gasteiger partial charge in [0.25, 0.3) is 0 Å². The van der Waals surface area contributed by atoms with Crippen molar-refractivity contribution in [2.75, 3.05) is 26.3 Å². The van der Waals surface area contributed by atoms with Crippen molar-refractivity contribution in [1.29, 1.82) is 0 Å². The number of carbonyl (C=O) groups excluding carboxylic acids is 1. The quantitative estimate of drug-likeness (QED) is 0.778. The van der Waals surface area contributed by atoms with Crippen LogP contribution in [0.15, 0.2) is 0 Å². The molecule has 4 nitrogen and oxygen atoms in total. The van der Waals surface area contributed by atoms with Crippen molar-refractivity contribution in [3.8, 4) is 0 Å². The maximum absolute atomic E-state index is 11.9. The third kappa shape index (κ3) is 2.62. The second-order valence-electron chi connectivity index (χ2n) is 4.21. The summed E-state index contributed by atoms with van der Waals surface area (Å²) in [7, 11) is 0. The summed E-state index contributed by atoms with van der Waals surface area (Å²) >= 11 is 0. The van der Waals surface area contributed by atoms with E-state index < -0.39 is 0 Å². The zero-order valence-corrected chi connectivity index (χ0v) is 11.3. The molecule has 0 atom stereocenters. The van der Waals surface area contributed by atoms with E-state index in [0.717, 1.165) is 45.6 Å². The lowest BCUT2D eigenvalue weighted by Crippen LogP contribution is -2.55. The van der Waals surface area contributed by atoms with Crippen LogP contribution in [0.3, 0.4) is 0 Å². The lowest BCUT2D eigenvalue weighted by molar-refractivity contribution is -0.128. The van der Waals surface area contributed by atoms with Crippen LogP contribution in [0.25, 0.3) is 0 Å². The van der Waals surface area contributed by atoms with E-state index in [4.69, 9.17) is 0 Å². The molecule has 2 N–H and O–H groups in total. The van der Waals surface area contributed by atoms with Gasteiger partial charge in [0.05, 0.1) is 6.67 Å². The molecule has 0 aliphatic carbocycles. The fraction of sp³-hybridized carbons (Fsp3) is 0.900. The molecule has 2 aliphatic heterocycles. The Kier molecular flexibility index (Phi) is 6.63. The van der Waals surface area contributed by atoms with Crippen LogP contribution < -0.4 is 10.6 Å². The average Bonchev–Trinajstić information content (AvgIpc) is 2.49. The second kappa shape index (κ2) is 6.64. The summed E-state index contributed by atoms with van der Waals surface area (Å²) in [6, 6.07) is 0. The minimum absolute atomic E-state index is 0. The highest BCUT2D eigenvalue weighted by Crippen LogP contribution is 2.29. The lowest BCUT2D eigenvalue weighted by atomic mass is 9.87. The largest absolute Gasteiger partial charge is 0.342 e. The summed E-state index contributed by atoms with van der Waals surface area (Å²) in [5, 5.41) is 6.29. The Labute approximate surface area is 109 Å². The number of amides is 1. The van der Waals surface area contributed by atoms with E-state index in [1.165, 1.54) is 0 Å². The highest BCUT2D eigenvalue weighted by molar-refractivity contribution is 5.88. The van der Waals surface area contributed by atoms with Gasteiger partial charge in [0.2, 0.25) is 5.91 Å². The molecule has 0 radical (unpaired) electrons. The molecule has 1 amide bonds. The first kappa shape index (κ1) is 16.0. The minimum atomic E-state index is -0.179. The van der Waals surface area contributed by atoms with Gasteiger partial charge >= 0.3 is 0 Å². The topological polar surface area (TPSA) is 44.4 Å². The first-order valence-corrected chi connectivity index (χ1v) is 5.54. The van der Waals surface area contributed by atoms with Gasteiger partial charge in [-0.1, -0.05) is 6.92 Å². The Balaban J connectivity index is 0.00000112. The maximum atomic E-state index is 11.9. The van der Waals surface area contributed by atoms with Gasteiger partial charge in [-0.3, -0.25) is 9.69 Å². The van der Waals surface area contributed by atoms with E-state index in [-0.39, 0.29) is 36.3 Å². The Bertz CT molecular complexity index is 232. The van der Waals surface area contributed by atoms with Gasteiger partial charge in [-0.2, -0.15) is 0 Å². The number of hydrogen-bond acceptors (Lipinski definition) is 3. The average molecular weight is 270 g/mol. The zero-order valence-electron chi connectivity index (χ0n) is 9.62. The molecule has 2 saturated heterocycles. The molecule has 96 valence electrons. The molecule has 6 heteroatoms. The molecule has 0 aromatic carbocycles. The van der Waals surface area contributed by atoms with Gasteiger partial charge in [0.15, 0.2) is 0 Å². The molecule has 16 heavy (non-hydrogen) atoms. The molecule has 0 aromatic heterocycles. The van der Waals surface area contributed by atoms with Crippen LogP contribution in [0.1, 0.15) is 26.2 Å². The molecule has 0 saturated carbocycles. The number of carbonyl (C=O) groups is 1. The molecule has 2 heterocycles. The first-order valence-electron chi connectivity index (χ1n) is 5.54. The van der Waals surface area contributed by atoms with E-state index in [2.05, 4.69) is 22.5 Å². The monoisotopic (exact) mass is 269 g/mol. The van der Waals surface area contributed by atoms with Crippen molar-refractivity contribution in [3.63, 3.8) is 0 Å². The van der Waals surface area contributed by atoms with Crippen LogP contribution in [0.5, 0.6) is 0 Å². The Morgan fingerprint density at radius 3 is 2.50 bits per heavy atom. The predicted molar refractivity (Wildman–Crippen MR) is 69.3 cm³/mol. The van der Waals surface area contributed by atoms with Crippen molar-refractivity contribution < 1.29 is 4.79 Å². The van der Waals surface area contributed by atoms with Crippen molar-refractivity contribution in [2.24, 2.45) is 0 Å². The Morgan fingerprint density at radius 2 is 1.94 bits per heavy atom. The van der Waals surface area contributed by atoms with Crippen LogP contribution in [0.4, 0.5) is 0 Å². The van der Waals surface area contributed by atoms with Crippen LogP contribution in [0.2, 0.25) is 0 Å².